The van der Waals surface area contributed by atoms with Gasteiger partial charge in [0.25, 0.3) is 0 Å². The minimum atomic E-state index is -0.265. The lowest BCUT2D eigenvalue weighted by molar-refractivity contribution is -0.161. The first kappa shape index (κ1) is 17.4. The van der Waals surface area contributed by atoms with Crippen molar-refractivity contribution in [2.75, 3.05) is 6.61 Å². The molecule has 2 saturated heterocycles. The summed E-state index contributed by atoms with van der Waals surface area (Å²) in [5, 5.41) is 0. The molecule has 2 aromatic rings. The Kier molecular flexibility index (Phi) is 5.67. The van der Waals surface area contributed by atoms with Crippen LogP contribution in [-0.4, -0.2) is 35.1 Å². The lowest BCUT2D eigenvalue weighted by atomic mass is 10.1. The van der Waals surface area contributed by atoms with E-state index in [9.17, 15) is 0 Å². The van der Waals surface area contributed by atoms with Crippen LogP contribution in [-0.2, 0) is 32.2 Å². The van der Waals surface area contributed by atoms with Crippen molar-refractivity contribution in [3.63, 3.8) is 0 Å². The van der Waals surface area contributed by atoms with E-state index in [2.05, 4.69) is 46.9 Å². The fourth-order valence-corrected chi connectivity index (χ4v) is 4.23. The summed E-state index contributed by atoms with van der Waals surface area (Å²) < 4.78 is 24.3. The number of halogens is 1. The summed E-state index contributed by atoms with van der Waals surface area (Å²) in [5.41, 5.74) is 2.30. The highest BCUT2D eigenvalue weighted by molar-refractivity contribution is 14.1. The Bertz CT molecular complexity index is 624. The van der Waals surface area contributed by atoms with Crippen LogP contribution in [0.1, 0.15) is 11.1 Å². The van der Waals surface area contributed by atoms with Crippen molar-refractivity contribution < 1.29 is 18.9 Å². The molecule has 0 radical (unpaired) electrons. The first-order chi connectivity index (χ1) is 12.3. The third kappa shape index (κ3) is 4.06. The molecule has 25 heavy (non-hydrogen) atoms. The molecule has 0 aromatic heterocycles. The SMILES string of the molecule is I[C@H]1[C@H](OCc2ccccc2)O[C@H]2[C@@H]1OC[C@H]2OCc1ccccc1. The van der Waals surface area contributed by atoms with Crippen LogP contribution in [0.4, 0.5) is 0 Å². The van der Waals surface area contributed by atoms with Crippen molar-refractivity contribution in [3.8, 4) is 0 Å². The van der Waals surface area contributed by atoms with Crippen LogP contribution >= 0.6 is 22.6 Å². The van der Waals surface area contributed by atoms with Crippen molar-refractivity contribution in [2.24, 2.45) is 0 Å². The van der Waals surface area contributed by atoms with Crippen LogP contribution < -0.4 is 0 Å². The number of rotatable bonds is 6. The van der Waals surface area contributed by atoms with E-state index >= 15 is 0 Å². The van der Waals surface area contributed by atoms with E-state index in [1.54, 1.807) is 0 Å². The van der Waals surface area contributed by atoms with Gasteiger partial charge in [-0.2, -0.15) is 0 Å². The maximum Gasteiger partial charge on any atom is 0.172 e. The molecule has 5 heteroatoms. The molecule has 0 amide bonds. The van der Waals surface area contributed by atoms with E-state index in [0.717, 1.165) is 11.1 Å². The van der Waals surface area contributed by atoms with Crippen LogP contribution in [0.5, 0.6) is 0 Å². The van der Waals surface area contributed by atoms with Gasteiger partial charge in [-0.25, -0.2) is 0 Å². The van der Waals surface area contributed by atoms with E-state index in [1.165, 1.54) is 0 Å². The van der Waals surface area contributed by atoms with Gasteiger partial charge in [0.2, 0.25) is 0 Å². The molecule has 0 N–H and O–H groups in total. The summed E-state index contributed by atoms with van der Waals surface area (Å²) >= 11 is 2.37. The van der Waals surface area contributed by atoms with Crippen molar-refractivity contribution >= 4 is 22.6 Å². The van der Waals surface area contributed by atoms with Gasteiger partial charge in [0.15, 0.2) is 6.29 Å². The molecule has 2 aliphatic rings. The maximum absolute atomic E-state index is 6.14. The standard InChI is InChI=1S/C20H21IO4/c21-17-19-18(25-20(17)24-12-15-9-5-2-6-10-15)16(13-23-19)22-11-14-7-3-1-4-8-14/h1-10,16-20H,11-13H2/t16-,17-,18-,19-,20-/m1/s1. The second kappa shape index (κ2) is 8.14. The second-order valence-corrected chi connectivity index (χ2v) is 7.78. The number of fused-ring (bicyclic) bond motifs is 1. The summed E-state index contributed by atoms with van der Waals surface area (Å²) in [7, 11) is 0. The van der Waals surface area contributed by atoms with Gasteiger partial charge in [0, 0.05) is 0 Å². The van der Waals surface area contributed by atoms with Gasteiger partial charge in [-0.1, -0.05) is 83.3 Å². The minimum absolute atomic E-state index is 0.0298. The van der Waals surface area contributed by atoms with Gasteiger partial charge >= 0.3 is 0 Å². The molecule has 5 atom stereocenters. The average Bonchev–Trinajstić information content (AvgIpc) is 3.20. The molecule has 4 rings (SSSR count). The van der Waals surface area contributed by atoms with Crippen molar-refractivity contribution in [1.82, 2.24) is 0 Å². The van der Waals surface area contributed by atoms with E-state index in [1.807, 2.05) is 36.4 Å². The van der Waals surface area contributed by atoms with Crippen molar-refractivity contribution in [3.05, 3.63) is 71.8 Å². The van der Waals surface area contributed by atoms with E-state index in [-0.39, 0.29) is 28.5 Å². The van der Waals surface area contributed by atoms with Gasteiger partial charge in [-0.15, -0.1) is 0 Å². The van der Waals surface area contributed by atoms with Crippen LogP contribution in [0, 0.1) is 0 Å². The molecule has 0 spiro atoms. The van der Waals surface area contributed by atoms with E-state index in [0.29, 0.717) is 19.8 Å². The monoisotopic (exact) mass is 452 g/mol. The minimum Gasteiger partial charge on any atom is -0.371 e. The van der Waals surface area contributed by atoms with Crippen molar-refractivity contribution in [1.29, 1.82) is 0 Å². The Morgan fingerprint density at radius 2 is 1.44 bits per heavy atom. The molecule has 0 bridgehead atoms. The van der Waals surface area contributed by atoms with Crippen LogP contribution in [0.25, 0.3) is 0 Å². The lowest BCUT2D eigenvalue weighted by Gasteiger charge is -2.20. The summed E-state index contributed by atoms with van der Waals surface area (Å²) in [6.45, 7) is 1.69. The highest BCUT2D eigenvalue weighted by Gasteiger charge is 2.52. The van der Waals surface area contributed by atoms with Gasteiger partial charge < -0.3 is 18.9 Å². The van der Waals surface area contributed by atoms with Gasteiger partial charge in [0.1, 0.15) is 18.3 Å². The zero-order chi connectivity index (χ0) is 17.1. The fourth-order valence-electron chi connectivity index (χ4n) is 3.23. The third-order valence-electron chi connectivity index (χ3n) is 4.57. The average molecular weight is 452 g/mol. The second-order valence-electron chi connectivity index (χ2n) is 6.34. The third-order valence-corrected chi connectivity index (χ3v) is 5.87. The van der Waals surface area contributed by atoms with E-state index in [4.69, 9.17) is 18.9 Å². The number of benzene rings is 2. The number of hydrogen-bond acceptors (Lipinski definition) is 4. The fraction of sp³-hybridized carbons (Fsp3) is 0.400. The predicted octanol–water partition coefficient (Wildman–Crippen LogP) is 3.72. The number of ether oxygens (including phenoxy) is 4. The number of alkyl halides is 1. The summed E-state index contributed by atoms with van der Waals surface area (Å²) in [5.74, 6) is 0. The predicted molar refractivity (Wildman–Crippen MR) is 102 cm³/mol. The Morgan fingerprint density at radius 1 is 0.840 bits per heavy atom. The van der Waals surface area contributed by atoms with Gasteiger partial charge in [0.05, 0.1) is 23.7 Å². The summed E-state index contributed by atoms with van der Waals surface area (Å²) in [4.78, 5) is 0. The molecule has 2 fully saturated rings. The Morgan fingerprint density at radius 3 is 2.08 bits per heavy atom. The van der Waals surface area contributed by atoms with Crippen LogP contribution in [0.2, 0.25) is 0 Å². The summed E-state index contributed by atoms with van der Waals surface area (Å²) in [6.07, 6.45) is -0.347. The molecule has 0 aliphatic carbocycles. The Balaban J connectivity index is 1.32. The highest BCUT2D eigenvalue weighted by atomic mass is 127. The largest absolute Gasteiger partial charge is 0.371 e. The topological polar surface area (TPSA) is 36.9 Å². The normalized spacial score (nSPS) is 31.2. The quantitative estimate of drug-likeness (QED) is 0.495. The zero-order valence-electron chi connectivity index (χ0n) is 13.8. The zero-order valence-corrected chi connectivity index (χ0v) is 16.0. The van der Waals surface area contributed by atoms with Crippen molar-refractivity contribution in [2.45, 2.75) is 41.7 Å². The molecule has 2 heterocycles. The Hall–Kier alpha value is -0.990. The molecule has 0 saturated carbocycles. The van der Waals surface area contributed by atoms with Crippen LogP contribution in [0.3, 0.4) is 0 Å². The molecule has 0 unspecified atom stereocenters. The van der Waals surface area contributed by atoms with Crippen LogP contribution in [0.15, 0.2) is 60.7 Å². The highest BCUT2D eigenvalue weighted by Crippen LogP contribution is 2.38. The first-order valence-corrected chi connectivity index (χ1v) is 9.78. The molecular formula is C20H21IO4. The molecule has 2 aromatic carbocycles. The van der Waals surface area contributed by atoms with Gasteiger partial charge in [-0.3, -0.25) is 0 Å². The smallest absolute Gasteiger partial charge is 0.172 e. The number of hydrogen-bond donors (Lipinski definition) is 0. The summed E-state index contributed by atoms with van der Waals surface area (Å²) in [6, 6.07) is 20.3. The Labute approximate surface area is 161 Å². The molecule has 2 aliphatic heterocycles. The maximum atomic E-state index is 6.14. The van der Waals surface area contributed by atoms with Gasteiger partial charge in [-0.05, 0) is 11.1 Å². The first-order valence-electron chi connectivity index (χ1n) is 8.53. The lowest BCUT2D eigenvalue weighted by Crippen LogP contribution is -2.31. The molecule has 4 nitrogen and oxygen atoms in total. The molecule has 132 valence electrons. The van der Waals surface area contributed by atoms with E-state index < -0.39 is 0 Å². The molecular weight excluding hydrogens is 431 g/mol.